The predicted octanol–water partition coefficient (Wildman–Crippen LogP) is 2.76. The molecule has 2 atom stereocenters. The molecule has 0 radical (unpaired) electrons. The van der Waals surface area contributed by atoms with Crippen molar-refractivity contribution in [1.29, 1.82) is 0 Å². The van der Waals surface area contributed by atoms with Crippen LogP contribution < -0.4 is 4.90 Å². The number of aromatic nitrogens is 5. The van der Waals surface area contributed by atoms with Crippen LogP contribution in [0.25, 0.3) is 33.2 Å². The van der Waals surface area contributed by atoms with Crippen LogP contribution in [0, 0.1) is 0 Å². The number of sulfone groups is 1. The number of fused-ring (bicyclic) bond motifs is 2. The lowest BCUT2D eigenvalue weighted by atomic mass is 10.1. The molecule has 0 aliphatic carbocycles. The van der Waals surface area contributed by atoms with Crippen molar-refractivity contribution in [2.24, 2.45) is 0 Å². The van der Waals surface area contributed by atoms with E-state index >= 15 is 0 Å². The van der Waals surface area contributed by atoms with E-state index in [0.29, 0.717) is 25.3 Å². The van der Waals surface area contributed by atoms with Gasteiger partial charge in [0.25, 0.3) is 0 Å². The Bertz CT molecular complexity index is 1380. The van der Waals surface area contributed by atoms with E-state index in [4.69, 9.17) is 9.72 Å². The Morgan fingerprint density at radius 2 is 2.16 bits per heavy atom. The Kier molecular flexibility index (Phi) is 4.71. The van der Waals surface area contributed by atoms with Crippen LogP contribution >= 0.6 is 0 Å². The highest BCUT2D eigenvalue weighted by Gasteiger charge is 2.27. The molecule has 0 spiro atoms. The molecule has 0 saturated carbocycles. The number of hydrogen-bond donors (Lipinski definition) is 1. The molecule has 10 heteroatoms. The predicted molar refractivity (Wildman–Crippen MR) is 120 cm³/mol. The zero-order valence-corrected chi connectivity index (χ0v) is 18.4. The average Bonchev–Trinajstić information content (AvgIpc) is 3.39. The van der Waals surface area contributed by atoms with Crippen LogP contribution in [-0.2, 0) is 14.6 Å². The smallest absolute Gasteiger partial charge is 0.168 e. The van der Waals surface area contributed by atoms with Crippen molar-refractivity contribution < 1.29 is 13.2 Å². The zero-order valence-electron chi connectivity index (χ0n) is 17.6. The van der Waals surface area contributed by atoms with Crippen molar-refractivity contribution in [3.63, 3.8) is 0 Å². The first kappa shape index (κ1) is 20.0. The molecule has 4 aromatic heterocycles. The van der Waals surface area contributed by atoms with E-state index in [2.05, 4.69) is 26.8 Å². The quantitative estimate of drug-likeness (QED) is 0.520. The van der Waals surface area contributed by atoms with Crippen LogP contribution in [0.1, 0.15) is 19.2 Å². The highest BCUT2D eigenvalue weighted by atomic mass is 32.2. The van der Waals surface area contributed by atoms with Crippen molar-refractivity contribution in [3.8, 4) is 11.3 Å². The molecule has 1 saturated heterocycles. The first-order valence-electron chi connectivity index (χ1n) is 10.2. The van der Waals surface area contributed by atoms with Gasteiger partial charge in [0.2, 0.25) is 0 Å². The summed E-state index contributed by atoms with van der Waals surface area (Å²) in [5.74, 6) is 0.732. The fourth-order valence-electron chi connectivity index (χ4n) is 4.07. The van der Waals surface area contributed by atoms with Gasteiger partial charge in [-0.15, -0.1) is 0 Å². The van der Waals surface area contributed by atoms with Crippen LogP contribution in [0.3, 0.4) is 0 Å². The lowest BCUT2D eigenvalue weighted by Crippen LogP contribution is -2.44. The molecule has 9 nitrogen and oxygen atoms in total. The molecule has 0 amide bonds. The SMILES string of the molecule is C[C@@H]1COCCN1c1nc(-c2cncc3[nH]ccc23)cc2c1ncn2[C@@H](C)S(C)(=O)=O. The van der Waals surface area contributed by atoms with Crippen molar-refractivity contribution in [2.75, 3.05) is 30.9 Å². The fourth-order valence-corrected chi connectivity index (χ4v) is 4.66. The van der Waals surface area contributed by atoms with E-state index in [1.807, 2.05) is 18.3 Å². The van der Waals surface area contributed by atoms with Crippen LogP contribution in [0.15, 0.2) is 37.1 Å². The molecule has 1 fully saturated rings. The summed E-state index contributed by atoms with van der Waals surface area (Å²) in [6.45, 7) is 5.65. The second kappa shape index (κ2) is 7.31. The lowest BCUT2D eigenvalue weighted by molar-refractivity contribution is 0.0987. The number of aromatic amines is 1. The molecule has 1 aliphatic heterocycles. The van der Waals surface area contributed by atoms with Crippen molar-refractivity contribution in [3.05, 3.63) is 37.1 Å². The van der Waals surface area contributed by atoms with Crippen LogP contribution in [0.2, 0.25) is 0 Å². The number of morpholine rings is 1. The normalized spacial score (nSPS) is 18.7. The molecular weight excluding hydrogens is 416 g/mol. The summed E-state index contributed by atoms with van der Waals surface area (Å²) in [4.78, 5) is 19.3. The average molecular weight is 441 g/mol. The highest BCUT2D eigenvalue weighted by Crippen LogP contribution is 2.35. The minimum absolute atomic E-state index is 0.123. The second-order valence-electron chi connectivity index (χ2n) is 8.02. The Balaban J connectivity index is 1.79. The van der Waals surface area contributed by atoms with E-state index in [9.17, 15) is 8.42 Å². The van der Waals surface area contributed by atoms with Gasteiger partial charge in [0, 0.05) is 36.1 Å². The van der Waals surface area contributed by atoms with Gasteiger partial charge in [-0.1, -0.05) is 0 Å². The maximum atomic E-state index is 12.3. The zero-order chi connectivity index (χ0) is 21.8. The number of hydrogen-bond acceptors (Lipinski definition) is 7. The maximum Gasteiger partial charge on any atom is 0.168 e. The Hall–Kier alpha value is -2.98. The van der Waals surface area contributed by atoms with Gasteiger partial charge >= 0.3 is 0 Å². The molecule has 5 rings (SSSR count). The van der Waals surface area contributed by atoms with Crippen LogP contribution in [-0.4, -0.2) is 65.0 Å². The number of H-pyrrole nitrogens is 1. The third-order valence-electron chi connectivity index (χ3n) is 5.95. The molecule has 0 aromatic carbocycles. The number of pyridine rings is 2. The standard InChI is InChI=1S/C21H24N6O3S/c1-13-11-30-7-6-26(13)21-20-19(27(12-24-20)14(2)31(3,28)29)8-17(25-21)16-9-22-10-18-15(16)4-5-23-18/h4-5,8-10,12-14,23H,6-7,11H2,1-3H3/t13-,14-/m1/s1. The number of nitrogens with zero attached hydrogens (tertiary/aromatic N) is 5. The molecule has 5 heterocycles. The van der Waals surface area contributed by atoms with Crippen LogP contribution in [0.5, 0.6) is 0 Å². The van der Waals surface area contributed by atoms with Gasteiger partial charge in [-0.25, -0.2) is 18.4 Å². The summed E-state index contributed by atoms with van der Waals surface area (Å²) < 4.78 is 31.9. The summed E-state index contributed by atoms with van der Waals surface area (Å²) >= 11 is 0. The van der Waals surface area contributed by atoms with Crippen molar-refractivity contribution >= 4 is 37.6 Å². The van der Waals surface area contributed by atoms with Crippen LogP contribution in [0.4, 0.5) is 5.82 Å². The molecule has 4 aromatic rings. The number of imidazole rings is 1. The lowest BCUT2D eigenvalue weighted by Gasteiger charge is -2.34. The van der Waals surface area contributed by atoms with Gasteiger partial charge in [0.1, 0.15) is 10.9 Å². The van der Waals surface area contributed by atoms with Gasteiger partial charge in [-0.2, -0.15) is 0 Å². The maximum absolute atomic E-state index is 12.3. The number of ether oxygens (including phenoxy) is 1. The van der Waals surface area contributed by atoms with Gasteiger partial charge in [-0.3, -0.25) is 4.98 Å². The molecule has 1 N–H and O–H groups in total. The van der Waals surface area contributed by atoms with E-state index in [1.165, 1.54) is 6.26 Å². The number of rotatable bonds is 4. The first-order valence-corrected chi connectivity index (χ1v) is 12.1. The number of anilines is 1. The molecule has 31 heavy (non-hydrogen) atoms. The van der Waals surface area contributed by atoms with Crippen molar-refractivity contribution in [1.82, 2.24) is 24.5 Å². The van der Waals surface area contributed by atoms with Gasteiger partial charge in [0.15, 0.2) is 15.7 Å². The van der Waals surface area contributed by atoms with Crippen molar-refractivity contribution in [2.45, 2.75) is 25.3 Å². The van der Waals surface area contributed by atoms with Gasteiger partial charge in [-0.05, 0) is 26.0 Å². The topological polar surface area (TPSA) is 106 Å². The molecular formula is C21H24N6O3S. The first-order chi connectivity index (χ1) is 14.8. The minimum Gasteiger partial charge on any atom is -0.377 e. The van der Waals surface area contributed by atoms with Gasteiger partial charge < -0.3 is 19.2 Å². The molecule has 0 bridgehead atoms. The molecule has 162 valence electrons. The highest BCUT2D eigenvalue weighted by molar-refractivity contribution is 7.90. The summed E-state index contributed by atoms with van der Waals surface area (Å²) in [6.07, 6.45) is 8.26. The fraction of sp³-hybridized carbons (Fsp3) is 0.381. The minimum atomic E-state index is -3.32. The van der Waals surface area contributed by atoms with E-state index in [0.717, 1.165) is 33.5 Å². The largest absolute Gasteiger partial charge is 0.377 e. The van der Waals surface area contributed by atoms with E-state index < -0.39 is 15.2 Å². The monoisotopic (exact) mass is 440 g/mol. The summed E-state index contributed by atoms with van der Waals surface area (Å²) in [5.41, 5.74) is 3.92. The number of nitrogens with one attached hydrogen (secondary N) is 1. The molecule has 0 unspecified atom stereocenters. The summed E-state index contributed by atoms with van der Waals surface area (Å²) in [7, 11) is -3.32. The van der Waals surface area contributed by atoms with E-state index in [1.54, 1.807) is 30.2 Å². The molecule has 1 aliphatic rings. The second-order valence-corrected chi connectivity index (χ2v) is 10.4. The van der Waals surface area contributed by atoms with E-state index in [-0.39, 0.29) is 6.04 Å². The Morgan fingerprint density at radius 3 is 2.94 bits per heavy atom. The summed E-state index contributed by atoms with van der Waals surface area (Å²) in [6, 6.07) is 4.02. The third kappa shape index (κ3) is 3.35. The van der Waals surface area contributed by atoms with Gasteiger partial charge in [0.05, 0.1) is 48.5 Å². The Labute approximate surface area is 180 Å². The Morgan fingerprint density at radius 1 is 1.32 bits per heavy atom. The third-order valence-corrected chi connectivity index (χ3v) is 7.41. The summed E-state index contributed by atoms with van der Waals surface area (Å²) in [5, 5.41) is 0.258.